The van der Waals surface area contributed by atoms with E-state index in [1.807, 2.05) is 13.0 Å². The molecule has 0 aromatic heterocycles. The smallest absolute Gasteiger partial charge is 0.165 e. The highest BCUT2D eigenvalue weighted by atomic mass is 19.1. The van der Waals surface area contributed by atoms with Gasteiger partial charge in [0.1, 0.15) is 0 Å². The molecule has 1 aromatic carbocycles. The molecule has 1 aliphatic heterocycles. The Morgan fingerprint density at radius 3 is 2.75 bits per heavy atom. The van der Waals surface area contributed by atoms with Crippen LogP contribution in [0.1, 0.15) is 30.9 Å². The van der Waals surface area contributed by atoms with E-state index in [0.717, 1.165) is 30.5 Å². The number of hydrogen-bond donors (Lipinski definition) is 1. The van der Waals surface area contributed by atoms with Gasteiger partial charge >= 0.3 is 0 Å². The van der Waals surface area contributed by atoms with E-state index in [1.165, 1.54) is 13.2 Å². The van der Waals surface area contributed by atoms with E-state index in [9.17, 15) is 4.39 Å². The SMILES string of the molecule is COc1c(F)cc(C)cc1C1(C)CCCN1. The van der Waals surface area contributed by atoms with E-state index >= 15 is 0 Å². The van der Waals surface area contributed by atoms with E-state index in [2.05, 4.69) is 12.2 Å². The summed E-state index contributed by atoms with van der Waals surface area (Å²) in [6.07, 6.45) is 2.14. The summed E-state index contributed by atoms with van der Waals surface area (Å²) in [4.78, 5) is 0. The van der Waals surface area contributed by atoms with Crippen molar-refractivity contribution in [3.8, 4) is 5.75 Å². The maximum absolute atomic E-state index is 13.8. The second-order valence-electron chi connectivity index (χ2n) is 4.69. The van der Waals surface area contributed by atoms with Gasteiger partial charge in [-0.25, -0.2) is 4.39 Å². The van der Waals surface area contributed by atoms with E-state index < -0.39 is 0 Å². The van der Waals surface area contributed by atoms with E-state index in [1.54, 1.807) is 0 Å². The number of benzene rings is 1. The Bertz CT molecular complexity index is 397. The number of aryl methyl sites for hydroxylation is 1. The molecule has 2 nitrogen and oxygen atoms in total. The van der Waals surface area contributed by atoms with Crippen molar-refractivity contribution in [2.45, 2.75) is 32.2 Å². The number of hydrogen-bond acceptors (Lipinski definition) is 2. The molecule has 1 saturated heterocycles. The molecule has 0 aliphatic carbocycles. The van der Waals surface area contributed by atoms with Crippen LogP contribution in [-0.4, -0.2) is 13.7 Å². The second kappa shape index (κ2) is 4.06. The molecule has 88 valence electrons. The Morgan fingerprint density at radius 2 is 2.19 bits per heavy atom. The third kappa shape index (κ3) is 1.80. The summed E-state index contributed by atoms with van der Waals surface area (Å²) in [7, 11) is 1.52. The van der Waals surface area contributed by atoms with Crippen LogP contribution >= 0.6 is 0 Å². The van der Waals surface area contributed by atoms with Crippen LogP contribution in [0, 0.1) is 12.7 Å². The predicted molar refractivity (Wildman–Crippen MR) is 62.3 cm³/mol. The summed E-state index contributed by atoms with van der Waals surface area (Å²) >= 11 is 0. The van der Waals surface area contributed by atoms with Gasteiger partial charge in [-0.15, -0.1) is 0 Å². The van der Waals surface area contributed by atoms with Crippen molar-refractivity contribution in [3.05, 3.63) is 29.1 Å². The van der Waals surface area contributed by atoms with Gasteiger partial charge in [-0.1, -0.05) is 6.07 Å². The Balaban J connectivity index is 2.53. The Labute approximate surface area is 95.8 Å². The first-order valence-corrected chi connectivity index (χ1v) is 5.66. The molecule has 1 atom stereocenters. The Hall–Kier alpha value is -1.09. The lowest BCUT2D eigenvalue weighted by molar-refractivity contribution is 0.350. The van der Waals surface area contributed by atoms with Crippen molar-refractivity contribution in [2.24, 2.45) is 0 Å². The van der Waals surface area contributed by atoms with Crippen molar-refractivity contribution in [2.75, 3.05) is 13.7 Å². The van der Waals surface area contributed by atoms with E-state index in [-0.39, 0.29) is 11.4 Å². The molecule has 0 amide bonds. The fourth-order valence-electron chi connectivity index (χ4n) is 2.47. The van der Waals surface area contributed by atoms with Gasteiger partial charge in [-0.05, 0) is 44.9 Å². The van der Waals surface area contributed by atoms with Crippen LogP contribution in [0.15, 0.2) is 12.1 Å². The number of halogens is 1. The fourth-order valence-corrected chi connectivity index (χ4v) is 2.47. The van der Waals surface area contributed by atoms with Crippen LogP contribution in [0.25, 0.3) is 0 Å². The molecule has 1 unspecified atom stereocenters. The van der Waals surface area contributed by atoms with Crippen LogP contribution in [-0.2, 0) is 5.54 Å². The molecule has 1 fully saturated rings. The van der Waals surface area contributed by atoms with Gasteiger partial charge in [-0.3, -0.25) is 0 Å². The van der Waals surface area contributed by atoms with Crippen molar-refractivity contribution in [3.63, 3.8) is 0 Å². The van der Waals surface area contributed by atoms with Crippen molar-refractivity contribution in [1.29, 1.82) is 0 Å². The average Bonchev–Trinajstić information content (AvgIpc) is 2.65. The summed E-state index contributed by atoms with van der Waals surface area (Å²) in [5.74, 6) is 0.106. The average molecular weight is 223 g/mol. The fraction of sp³-hybridized carbons (Fsp3) is 0.538. The molecule has 0 spiro atoms. The molecule has 0 radical (unpaired) electrons. The first kappa shape index (κ1) is 11.4. The summed E-state index contributed by atoms with van der Waals surface area (Å²) in [6.45, 7) is 5.00. The van der Waals surface area contributed by atoms with E-state index in [4.69, 9.17) is 4.74 Å². The van der Waals surface area contributed by atoms with Gasteiger partial charge in [0.2, 0.25) is 0 Å². The third-order valence-electron chi connectivity index (χ3n) is 3.36. The molecular weight excluding hydrogens is 205 g/mol. The van der Waals surface area contributed by atoms with Crippen molar-refractivity contribution in [1.82, 2.24) is 5.32 Å². The first-order valence-electron chi connectivity index (χ1n) is 5.66. The summed E-state index contributed by atoms with van der Waals surface area (Å²) in [5.41, 5.74) is 1.71. The third-order valence-corrected chi connectivity index (χ3v) is 3.36. The van der Waals surface area contributed by atoms with Gasteiger partial charge in [0.15, 0.2) is 11.6 Å². The minimum absolute atomic E-state index is 0.155. The highest BCUT2D eigenvalue weighted by Gasteiger charge is 2.33. The first-order chi connectivity index (χ1) is 7.57. The normalized spacial score (nSPS) is 24.8. The highest BCUT2D eigenvalue weighted by molar-refractivity contribution is 5.43. The summed E-state index contributed by atoms with van der Waals surface area (Å²) in [5, 5.41) is 3.43. The number of ether oxygens (including phenoxy) is 1. The zero-order valence-corrected chi connectivity index (χ0v) is 10.1. The van der Waals surface area contributed by atoms with Gasteiger partial charge in [0, 0.05) is 11.1 Å². The Morgan fingerprint density at radius 1 is 1.44 bits per heavy atom. The molecule has 16 heavy (non-hydrogen) atoms. The van der Waals surface area contributed by atoms with Crippen LogP contribution in [0.3, 0.4) is 0 Å². The highest BCUT2D eigenvalue weighted by Crippen LogP contribution is 2.38. The number of methoxy groups -OCH3 is 1. The summed E-state index contributed by atoms with van der Waals surface area (Å²) < 4.78 is 19.0. The number of nitrogens with one attached hydrogen (secondary N) is 1. The van der Waals surface area contributed by atoms with Crippen LogP contribution in [0.2, 0.25) is 0 Å². The maximum Gasteiger partial charge on any atom is 0.165 e. The molecule has 1 aliphatic rings. The monoisotopic (exact) mass is 223 g/mol. The van der Waals surface area contributed by atoms with Gasteiger partial charge in [-0.2, -0.15) is 0 Å². The molecule has 1 N–H and O–H groups in total. The van der Waals surface area contributed by atoms with Crippen LogP contribution in [0.4, 0.5) is 4.39 Å². The predicted octanol–water partition coefficient (Wildman–Crippen LogP) is 2.74. The quantitative estimate of drug-likeness (QED) is 0.832. The Kier molecular flexibility index (Phi) is 2.89. The van der Waals surface area contributed by atoms with Gasteiger partial charge in [0.25, 0.3) is 0 Å². The standard InChI is InChI=1S/C13H18FNO/c1-9-7-10(12(16-3)11(14)8-9)13(2)5-4-6-15-13/h7-8,15H,4-6H2,1-3H3. The van der Waals surface area contributed by atoms with Crippen LogP contribution < -0.4 is 10.1 Å². The lowest BCUT2D eigenvalue weighted by Gasteiger charge is -2.27. The number of rotatable bonds is 2. The minimum atomic E-state index is -0.271. The van der Waals surface area contributed by atoms with Crippen LogP contribution in [0.5, 0.6) is 5.75 Å². The maximum atomic E-state index is 13.8. The van der Waals surface area contributed by atoms with E-state index in [0.29, 0.717) is 5.75 Å². The van der Waals surface area contributed by atoms with Gasteiger partial charge in [0.05, 0.1) is 7.11 Å². The largest absolute Gasteiger partial charge is 0.493 e. The second-order valence-corrected chi connectivity index (χ2v) is 4.69. The van der Waals surface area contributed by atoms with Gasteiger partial charge < -0.3 is 10.1 Å². The summed E-state index contributed by atoms with van der Waals surface area (Å²) in [6, 6.07) is 3.53. The molecule has 1 heterocycles. The molecule has 0 saturated carbocycles. The zero-order valence-electron chi connectivity index (χ0n) is 10.1. The molecule has 3 heteroatoms. The topological polar surface area (TPSA) is 21.3 Å². The minimum Gasteiger partial charge on any atom is -0.493 e. The zero-order chi connectivity index (χ0) is 11.8. The molecule has 2 rings (SSSR count). The molecule has 1 aromatic rings. The molecule has 0 bridgehead atoms. The van der Waals surface area contributed by atoms with Crippen molar-refractivity contribution >= 4 is 0 Å². The molecular formula is C13H18FNO. The lowest BCUT2D eigenvalue weighted by Crippen LogP contribution is -2.33. The van der Waals surface area contributed by atoms with Crippen molar-refractivity contribution < 1.29 is 9.13 Å². The lowest BCUT2D eigenvalue weighted by atomic mass is 9.88.